The van der Waals surface area contributed by atoms with Crippen LogP contribution in [0.1, 0.15) is 70.8 Å². The summed E-state index contributed by atoms with van der Waals surface area (Å²) >= 11 is 0. The zero-order valence-electron chi connectivity index (χ0n) is 32.8. The number of benzene rings is 1. The van der Waals surface area contributed by atoms with Crippen molar-refractivity contribution in [3.05, 3.63) is 29.8 Å². The van der Waals surface area contributed by atoms with Gasteiger partial charge >= 0.3 is 12.3 Å². The Morgan fingerprint density at radius 1 is 0.719 bits per heavy atom. The summed E-state index contributed by atoms with van der Waals surface area (Å²) in [6.45, 7) is 9.49. The van der Waals surface area contributed by atoms with E-state index >= 15 is 0 Å². The highest BCUT2D eigenvalue weighted by atomic mass is 32.2. The van der Waals surface area contributed by atoms with Gasteiger partial charge in [0.1, 0.15) is 6.10 Å². The summed E-state index contributed by atoms with van der Waals surface area (Å²) in [5.41, 5.74) is -1.05. The Balaban J connectivity index is 1.96. The second-order valence-corrected chi connectivity index (χ2v) is 14.8. The molecule has 0 saturated carbocycles. The molecule has 1 aliphatic heterocycles. The Labute approximate surface area is 332 Å². The van der Waals surface area contributed by atoms with Gasteiger partial charge in [-0.15, -0.1) is 0 Å². The second-order valence-electron chi connectivity index (χ2n) is 12.8. The molecule has 2 rings (SSSR count). The molecule has 16 nitrogen and oxygen atoms in total. The Bertz CT molecular complexity index is 1390. The molecule has 1 saturated heterocycles. The van der Waals surface area contributed by atoms with E-state index in [9.17, 15) is 40.8 Å². The molecule has 0 aromatic heterocycles. The first-order valence-corrected chi connectivity index (χ1v) is 20.8. The van der Waals surface area contributed by atoms with Crippen molar-refractivity contribution >= 4 is 33.7 Å². The van der Waals surface area contributed by atoms with Gasteiger partial charge in [-0.3, -0.25) is 19.2 Å². The van der Waals surface area contributed by atoms with Crippen molar-refractivity contribution in [3.8, 4) is 0 Å². The number of hydroxylamine groups is 2. The number of rotatable bonds is 32. The maximum Gasteiger partial charge on any atom is 0.534 e. The number of imide groups is 1. The van der Waals surface area contributed by atoms with Crippen LogP contribution in [0.4, 0.5) is 18.0 Å². The number of carbonyl (C=O) groups excluding carboxylic acids is 4. The molecule has 0 N–H and O–H groups in total. The molecular formula is C37H57F3N2O14S. The van der Waals surface area contributed by atoms with Crippen LogP contribution in [0.3, 0.4) is 0 Å². The first-order chi connectivity index (χ1) is 27.3. The molecule has 1 heterocycles. The maximum atomic E-state index is 13.3. The van der Waals surface area contributed by atoms with Crippen LogP contribution in [-0.2, 0) is 68.4 Å². The van der Waals surface area contributed by atoms with Crippen LogP contribution >= 0.6 is 0 Å². The van der Waals surface area contributed by atoms with Crippen LogP contribution in [0.15, 0.2) is 29.2 Å². The van der Waals surface area contributed by atoms with E-state index in [-0.39, 0.29) is 75.8 Å². The average molecular weight is 843 g/mol. The molecule has 1 fully saturated rings. The third-order valence-electron chi connectivity index (χ3n) is 8.10. The van der Waals surface area contributed by atoms with E-state index in [1.54, 1.807) is 4.90 Å². The van der Waals surface area contributed by atoms with Crippen LogP contribution in [0.25, 0.3) is 0 Å². The minimum absolute atomic E-state index is 0.0291. The highest BCUT2D eigenvalue weighted by molar-refractivity contribution is 7.91. The van der Waals surface area contributed by atoms with Crippen LogP contribution < -0.4 is 0 Å². The molecule has 0 spiro atoms. The van der Waals surface area contributed by atoms with Gasteiger partial charge in [-0.05, 0) is 56.4 Å². The summed E-state index contributed by atoms with van der Waals surface area (Å²) in [5.74, 6) is -2.66. The summed E-state index contributed by atoms with van der Waals surface area (Å²) < 4.78 is 104. The van der Waals surface area contributed by atoms with E-state index < -0.39 is 56.3 Å². The molecular weight excluding hydrogens is 785 g/mol. The quantitative estimate of drug-likeness (QED) is 0.0566. The summed E-state index contributed by atoms with van der Waals surface area (Å²) in [4.78, 5) is 55.5. The first-order valence-electron chi connectivity index (χ1n) is 19.2. The molecule has 1 atom stereocenters. The number of carbonyl (C=O) groups is 4. The number of hydrogen-bond donors (Lipinski definition) is 0. The molecule has 0 bridgehead atoms. The fraction of sp³-hybridized carbons (Fsp3) is 0.730. The number of unbranched alkanes of at least 4 members (excludes halogenated alkanes) is 1. The van der Waals surface area contributed by atoms with Gasteiger partial charge in [-0.1, -0.05) is 18.9 Å². The zero-order valence-corrected chi connectivity index (χ0v) is 33.6. The van der Waals surface area contributed by atoms with Crippen molar-refractivity contribution in [2.45, 2.75) is 82.4 Å². The summed E-state index contributed by atoms with van der Waals surface area (Å²) in [5, 5.41) is 0.234. The lowest BCUT2D eigenvalue weighted by Crippen LogP contribution is -2.37. The standard InChI is InChI=1S/C37H57F3N2O14S/c1-3-17-49-21-25-53-27-23-51-19-15-41(16-20-52-24-28-54-26-22-50-18-4-2)33(43)8-6-5-7-31(55-36(46)56-42-34(44)13-14-35(42)45)29-57(47,48)32-11-9-30(10-12-32)37(38,39)40/h9-12,31H,3-8,13-29H2,1-2H3. The summed E-state index contributed by atoms with van der Waals surface area (Å²) in [6.07, 6.45) is -5.82. The minimum atomic E-state index is -4.69. The highest BCUT2D eigenvalue weighted by Gasteiger charge is 2.35. The monoisotopic (exact) mass is 842 g/mol. The van der Waals surface area contributed by atoms with Crippen molar-refractivity contribution in [1.82, 2.24) is 9.96 Å². The van der Waals surface area contributed by atoms with Gasteiger partial charge < -0.3 is 38.1 Å². The largest absolute Gasteiger partial charge is 0.534 e. The maximum absolute atomic E-state index is 13.3. The predicted molar refractivity (Wildman–Crippen MR) is 196 cm³/mol. The lowest BCUT2D eigenvalue weighted by molar-refractivity contribution is -0.178. The van der Waals surface area contributed by atoms with E-state index in [0.29, 0.717) is 78.2 Å². The van der Waals surface area contributed by atoms with E-state index in [1.165, 1.54) is 0 Å². The van der Waals surface area contributed by atoms with Crippen molar-refractivity contribution in [2.75, 3.05) is 98.1 Å². The third-order valence-corrected chi connectivity index (χ3v) is 9.90. The molecule has 20 heteroatoms. The number of halogens is 3. The number of sulfone groups is 1. The van der Waals surface area contributed by atoms with Gasteiger partial charge in [0.2, 0.25) is 5.91 Å². The number of amides is 3. The zero-order chi connectivity index (χ0) is 41.9. The fourth-order valence-electron chi connectivity index (χ4n) is 5.15. The molecule has 1 aliphatic rings. The third kappa shape index (κ3) is 21.3. The Hall–Kier alpha value is -3.40. The van der Waals surface area contributed by atoms with Crippen LogP contribution in [0.5, 0.6) is 0 Å². The molecule has 57 heavy (non-hydrogen) atoms. The van der Waals surface area contributed by atoms with E-state index in [4.69, 9.17) is 38.0 Å². The molecule has 0 radical (unpaired) electrons. The molecule has 326 valence electrons. The van der Waals surface area contributed by atoms with Gasteiger partial charge in [-0.2, -0.15) is 13.2 Å². The smallest absolute Gasteiger partial charge is 0.428 e. The number of ether oxygens (including phenoxy) is 7. The van der Waals surface area contributed by atoms with Crippen molar-refractivity contribution in [3.63, 3.8) is 0 Å². The normalized spacial score (nSPS) is 13.9. The fourth-order valence-corrected chi connectivity index (χ4v) is 6.62. The van der Waals surface area contributed by atoms with E-state index in [2.05, 4.69) is 0 Å². The van der Waals surface area contributed by atoms with E-state index in [0.717, 1.165) is 25.0 Å². The van der Waals surface area contributed by atoms with E-state index in [1.807, 2.05) is 13.8 Å². The van der Waals surface area contributed by atoms with Gasteiger partial charge in [0, 0.05) is 45.6 Å². The molecule has 0 aliphatic carbocycles. The average Bonchev–Trinajstić information content (AvgIpc) is 3.48. The topological polar surface area (TPSA) is 183 Å². The number of nitrogens with zero attached hydrogens (tertiary/aromatic N) is 2. The summed E-state index contributed by atoms with van der Waals surface area (Å²) in [7, 11) is -4.31. The van der Waals surface area contributed by atoms with Crippen LogP contribution in [0, 0.1) is 0 Å². The molecule has 1 unspecified atom stereocenters. The van der Waals surface area contributed by atoms with Gasteiger partial charge in [0.15, 0.2) is 9.84 Å². The predicted octanol–water partition coefficient (Wildman–Crippen LogP) is 4.37. The lowest BCUT2D eigenvalue weighted by atomic mass is 10.1. The van der Waals surface area contributed by atoms with Crippen molar-refractivity contribution in [2.24, 2.45) is 0 Å². The Kier molecular flexibility index (Phi) is 24.5. The number of hydrogen-bond acceptors (Lipinski definition) is 14. The molecule has 3 amide bonds. The van der Waals surface area contributed by atoms with Gasteiger partial charge in [0.05, 0.1) is 82.3 Å². The minimum Gasteiger partial charge on any atom is -0.428 e. The first kappa shape index (κ1) is 49.7. The SMILES string of the molecule is CCCOCCOCCOCCN(CCOCCOCCOCCC)C(=O)CCCCC(CS(=O)(=O)c1ccc(C(F)(F)F)cc1)OC(=O)ON1C(=O)CCC1=O. The van der Waals surface area contributed by atoms with Crippen LogP contribution in [-0.4, -0.2) is 146 Å². The Morgan fingerprint density at radius 3 is 1.63 bits per heavy atom. The van der Waals surface area contributed by atoms with Crippen LogP contribution in [0.2, 0.25) is 0 Å². The van der Waals surface area contributed by atoms with Gasteiger partial charge in [0.25, 0.3) is 11.8 Å². The highest BCUT2D eigenvalue weighted by Crippen LogP contribution is 2.30. The van der Waals surface area contributed by atoms with Crippen molar-refractivity contribution in [1.29, 1.82) is 0 Å². The second kappa shape index (κ2) is 28.1. The lowest BCUT2D eigenvalue weighted by Gasteiger charge is -2.23. The van der Waals surface area contributed by atoms with Gasteiger partial charge in [-0.25, -0.2) is 13.2 Å². The molecule has 1 aromatic rings. The van der Waals surface area contributed by atoms with Crippen molar-refractivity contribution < 1.29 is 78.8 Å². The Morgan fingerprint density at radius 2 is 1.18 bits per heavy atom. The molecule has 1 aromatic carbocycles. The summed E-state index contributed by atoms with van der Waals surface area (Å²) in [6, 6.07) is 2.82. The number of alkyl halides is 3.